The first-order chi connectivity index (χ1) is 15.7. The number of halogens is 1. The van der Waals surface area contributed by atoms with Gasteiger partial charge in [0.05, 0.1) is 17.4 Å². The summed E-state index contributed by atoms with van der Waals surface area (Å²) in [7, 11) is 0. The zero-order valence-corrected chi connectivity index (χ0v) is 18.5. The summed E-state index contributed by atoms with van der Waals surface area (Å²) >= 11 is 0. The molecular formula is C26H25FN2O4. The molecule has 7 heteroatoms. The van der Waals surface area contributed by atoms with Crippen molar-refractivity contribution in [2.75, 3.05) is 18.4 Å². The normalized spacial score (nSPS) is 22.0. The Balaban J connectivity index is 1.45. The number of anilines is 1. The van der Waals surface area contributed by atoms with Gasteiger partial charge in [0, 0.05) is 29.8 Å². The van der Waals surface area contributed by atoms with Crippen LogP contribution < -0.4 is 5.32 Å². The monoisotopic (exact) mass is 448 g/mol. The van der Waals surface area contributed by atoms with Crippen molar-refractivity contribution in [2.45, 2.75) is 38.4 Å². The molecule has 2 amide bonds. The number of piperidine rings is 1. The lowest BCUT2D eigenvalue weighted by Gasteiger charge is -2.29. The highest BCUT2D eigenvalue weighted by Gasteiger charge is 2.38. The molecule has 5 rings (SSSR count). The Morgan fingerprint density at radius 2 is 1.85 bits per heavy atom. The molecule has 3 aliphatic heterocycles. The van der Waals surface area contributed by atoms with E-state index in [0.29, 0.717) is 54.1 Å². The number of aliphatic hydroxyl groups is 1. The van der Waals surface area contributed by atoms with Crippen molar-refractivity contribution in [3.8, 4) is 0 Å². The van der Waals surface area contributed by atoms with Crippen LogP contribution in [0, 0.1) is 5.82 Å². The predicted molar refractivity (Wildman–Crippen MR) is 123 cm³/mol. The fourth-order valence-electron chi connectivity index (χ4n) is 4.65. The first kappa shape index (κ1) is 21.4. The summed E-state index contributed by atoms with van der Waals surface area (Å²) in [6.45, 7) is 4.95. The number of carbonyl (C=O) groups is 2. The zero-order valence-electron chi connectivity index (χ0n) is 18.5. The molecule has 1 saturated heterocycles. The minimum atomic E-state index is -0.695. The first-order valence-corrected chi connectivity index (χ1v) is 11.1. The highest BCUT2D eigenvalue weighted by atomic mass is 19.1. The van der Waals surface area contributed by atoms with Gasteiger partial charge >= 0.3 is 0 Å². The van der Waals surface area contributed by atoms with Crippen molar-refractivity contribution in [1.82, 2.24) is 4.90 Å². The van der Waals surface area contributed by atoms with Crippen LogP contribution in [-0.2, 0) is 9.53 Å². The van der Waals surface area contributed by atoms with Crippen LogP contribution in [0.25, 0.3) is 11.1 Å². The fourth-order valence-corrected chi connectivity index (χ4v) is 4.65. The Morgan fingerprint density at radius 3 is 2.55 bits per heavy atom. The number of carbonyl (C=O) groups excluding carboxylic acids is 2. The molecule has 0 bridgehead atoms. The van der Waals surface area contributed by atoms with Crippen LogP contribution in [0.15, 0.2) is 54.3 Å². The summed E-state index contributed by atoms with van der Waals surface area (Å²) < 4.78 is 19.8. The van der Waals surface area contributed by atoms with Gasteiger partial charge in [-0.1, -0.05) is 12.1 Å². The molecule has 6 nitrogen and oxygen atoms in total. The molecule has 1 fully saturated rings. The number of benzene rings is 2. The van der Waals surface area contributed by atoms with Gasteiger partial charge < -0.3 is 20.1 Å². The van der Waals surface area contributed by atoms with E-state index in [0.717, 1.165) is 11.1 Å². The Kier molecular flexibility index (Phi) is 5.09. The number of amides is 2. The summed E-state index contributed by atoms with van der Waals surface area (Å²) in [6.07, 6.45) is 2.71. The second-order valence-corrected chi connectivity index (χ2v) is 9.15. The van der Waals surface area contributed by atoms with Gasteiger partial charge in [-0.3, -0.25) is 9.59 Å². The van der Waals surface area contributed by atoms with Crippen molar-refractivity contribution in [2.24, 2.45) is 0 Å². The number of likely N-dealkylation sites (tertiary alicyclic amines) is 1. The summed E-state index contributed by atoms with van der Waals surface area (Å²) in [5.41, 5.74) is 3.09. The third-order valence-corrected chi connectivity index (χ3v) is 6.46. The van der Waals surface area contributed by atoms with E-state index in [-0.39, 0.29) is 17.9 Å². The summed E-state index contributed by atoms with van der Waals surface area (Å²) in [5.74, 6) is -0.352. The van der Waals surface area contributed by atoms with Crippen LogP contribution in [0.3, 0.4) is 0 Å². The highest BCUT2D eigenvalue weighted by Crippen LogP contribution is 2.44. The topological polar surface area (TPSA) is 78.9 Å². The van der Waals surface area contributed by atoms with Gasteiger partial charge in [0.1, 0.15) is 17.2 Å². The first-order valence-electron chi connectivity index (χ1n) is 11.1. The number of aliphatic hydroxyl groups excluding tert-OH is 1. The number of hydrogen-bond donors (Lipinski definition) is 2. The second kappa shape index (κ2) is 7.85. The predicted octanol–water partition coefficient (Wildman–Crippen LogP) is 3.98. The number of rotatable bonds is 2. The van der Waals surface area contributed by atoms with E-state index in [9.17, 15) is 19.1 Å². The molecule has 0 saturated carbocycles. The van der Waals surface area contributed by atoms with Gasteiger partial charge in [-0.05, 0) is 68.7 Å². The molecule has 0 unspecified atom stereocenters. The quantitative estimate of drug-likeness (QED) is 0.682. The number of nitrogens with one attached hydrogen (secondary N) is 1. The van der Waals surface area contributed by atoms with Crippen LogP contribution in [-0.4, -0.2) is 46.6 Å². The summed E-state index contributed by atoms with van der Waals surface area (Å²) in [6, 6.07) is 11.6. The van der Waals surface area contributed by atoms with Crippen molar-refractivity contribution in [3.63, 3.8) is 0 Å². The number of ether oxygens (including phenoxy) is 1. The SMILES string of the molecule is CC1(C)OC(=C2C(=O)Nc3cc(F)ccc32)C=C1c1ccc(C(=O)N2CCC(O)CC2)cc1. The molecular weight excluding hydrogens is 423 g/mol. The van der Waals surface area contributed by atoms with E-state index in [1.54, 1.807) is 23.1 Å². The maximum atomic E-state index is 13.6. The lowest BCUT2D eigenvalue weighted by atomic mass is 9.91. The Morgan fingerprint density at radius 1 is 1.15 bits per heavy atom. The molecule has 0 atom stereocenters. The molecule has 0 radical (unpaired) electrons. The van der Waals surface area contributed by atoms with E-state index in [2.05, 4.69) is 5.32 Å². The van der Waals surface area contributed by atoms with Crippen LogP contribution in [0.1, 0.15) is 48.2 Å². The van der Waals surface area contributed by atoms with Gasteiger partial charge in [-0.25, -0.2) is 4.39 Å². The van der Waals surface area contributed by atoms with E-state index in [4.69, 9.17) is 4.74 Å². The van der Waals surface area contributed by atoms with Gasteiger partial charge in [0.15, 0.2) is 0 Å². The molecule has 3 heterocycles. The number of fused-ring (bicyclic) bond motifs is 1. The van der Waals surface area contributed by atoms with Crippen molar-refractivity contribution in [1.29, 1.82) is 0 Å². The minimum absolute atomic E-state index is 0.0429. The largest absolute Gasteiger partial charge is 0.482 e. The number of allylic oxidation sites excluding steroid dienone is 1. The van der Waals surface area contributed by atoms with Gasteiger partial charge in [0.2, 0.25) is 0 Å². The van der Waals surface area contributed by atoms with Crippen molar-refractivity contribution in [3.05, 3.63) is 76.8 Å². The third kappa shape index (κ3) is 3.82. The van der Waals surface area contributed by atoms with Crippen molar-refractivity contribution >= 4 is 28.6 Å². The lowest BCUT2D eigenvalue weighted by Crippen LogP contribution is -2.40. The standard InChI is InChI=1S/C26H25FN2O4/c1-26(2)20(14-22(33-26)23-19-8-7-17(27)13-21(19)28-24(23)31)15-3-5-16(6-4-15)25(32)29-11-9-18(30)10-12-29/h3-8,13-14,18,30H,9-12H2,1-2H3,(H,28,31). The minimum Gasteiger partial charge on any atom is -0.482 e. The lowest BCUT2D eigenvalue weighted by molar-refractivity contribution is -0.111. The van der Waals surface area contributed by atoms with Gasteiger partial charge in [0.25, 0.3) is 11.8 Å². The number of nitrogens with zero attached hydrogens (tertiary/aromatic N) is 1. The van der Waals surface area contributed by atoms with Gasteiger partial charge in [-0.2, -0.15) is 0 Å². The molecule has 33 heavy (non-hydrogen) atoms. The van der Waals surface area contributed by atoms with E-state index in [1.165, 1.54) is 12.1 Å². The summed E-state index contributed by atoms with van der Waals surface area (Å²) in [4.78, 5) is 27.2. The molecule has 170 valence electrons. The maximum absolute atomic E-state index is 13.6. The maximum Gasteiger partial charge on any atom is 0.260 e. The fraction of sp³-hybridized carbons (Fsp3) is 0.308. The Hall–Kier alpha value is -3.45. The molecule has 0 aromatic heterocycles. The summed E-state index contributed by atoms with van der Waals surface area (Å²) in [5, 5.41) is 12.4. The number of hydrogen-bond acceptors (Lipinski definition) is 4. The average molecular weight is 448 g/mol. The molecule has 2 aromatic carbocycles. The highest BCUT2D eigenvalue weighted by molar-refractivity contribution is 6.32. The van der Waals surface area contributed by atoms with Crippen molar-refractivity contribution < 1.29 is 23.8 Å². The zero-order chi connectivity index (χ0) is 23.3. The van der Waals surface area contributed by atoms with Crippen LogP contribution in [0.5, 0.6) is 0 Å². The van der Waals surface area contributed by atoms with E-state index in [1.807, 2.05) is 32.1 Å². The van der Waals surface area contributed by atoms with Crippen LogP contribution >= 0.6 is 0 Å². The average Bonchev–Trinajstić information content (AvgIpc) is 3.27. The Bertz CT molecular complexity index is 1210. The molecule has 2 N–H and O–H groups in total. The van der Waals surface area contributed by atoms with Crippen LogP contribution in [0.2, 0.25) is 0 Å². The van der Waals surface area contributed by atoms with Crippen LogP contribution in [0.4, 0.5) is 10.1 Å². The second-order valence-electron chi connectivity index (χ2n) is 9.15. The molecule has 3 aliphatic rings. The van der Waals surface area contributed by atoms with E-state index >= 15 is 0 Å². The molecule has 0 aliphatic carbocycles. The molecule has 2 aromatic rings. The third-order valence-electron chi connectivity index (χ3n) is 6.46. The van der Waals surface area contributed by atoms with E-state index < -0.39 is 11.4 Å². The Labute approximate surface area is 191 Å². The van der Waals surface area contributed by atoms with Gasteiger partial charge in [-0.15, -0.1) is 0 Å². The molecule has 0 spiro atoms. The smallest absolute Gasteiger partial charge is 0.260 e.